The van der Waals surface area contributed by atoms with Crippen LogP contribution in [0.25, 0.3) is 0 Å². The van der Waals surface area contributed by atoms with Crippen molar-refractivity contribution < 1.29 is 18.7 Å². The van der Waals surface area contributed by atoms with Crippen LogP contribution in [0.1, 0.15) is 28.7 Å². The van der Waals surface area contributed by atoms with E-state index in [1.54, 1.807) is 0 Å². The third kappa shape index (κ3) is 3.25. The van der Waals surface area contributed by atoms with Crippen molar-refractivity contribution in [2.24, 2.45) is 0 Å². The molecule has 1 rings (SSSR count). The van der Waals surface area contributed by atoms with Gasteiger partial charge in [0.15, 0.2) is 0 Å². The van der Waals surface area contributed by atoms with Crippen molar-refractivity contribution in [3.8, 4) is 0 Å². The Morgan fingerprint density at radius 1 is 1.24 bits per heavy atom. The lowest BCUT2D eigenvalue weighted by Crippen LogP contribution is -2.28. The van der Waals surface area contributed by atoms with Gasteiger partial charge in [-0.25, -0.2) is 4.79 Å². The van der Waals surface area contributed by atoms with Crippen LogP contribution < -0.4 is 0 Å². The Balaban J connectivity index is 2.87. The summed E-state index contributed by atoms with van der Waals surface area (Å²) in [6.07, 6.45) is -0.579. The van der Waals surface area contributed by atoms with E-state index in [0.717, 1.165) is 22.3 Å². The van der Waals surface area contributed by atoms with Crippen LogP contribution >= 0.6 is 0 Å². The molecule has 0 unspecified atom stereocenters. The summed E-state index contributed by atoms with van der Waals surface area (Å²) in [6, 6.07) is 3.84. The number of halogens is 2. The molecular formula is C13H16F2O2. The Kier molecular flexibility index (Phi) is 3.86. The molecule has 0 heterocycles. The van der Waals surface area contributed by atoms with Crippen LogP contribution in [0.15, 0.2) is 12.1 Å². The lowest BCUT2D eigenvalue weighted by molar-refractivity contribution is -0.165. The lowest BCUT2D eigenvalue weighted by Gasteiger charge is -2.14. The van der Waals surface area contributed by atoms with Gasteiger partial charge in [0.05, 0.1) is 0 Å². The Morgan fingerprint density at radius 2 is 1.71 bits per heavy atom. The van der Waals surface area contributed by atoms with Crippen LogP contribution in [0, 0.1) is 20.8 Å². The van der Waals surface area contributed by atoms with Gasteiger partial charge in [0, 0.05) is 6.42 Å². The highest BCUT2D eigenvalue weighted by Crippen LogP contribution is 2.24. The summed E-state index contributed by atoms with van der Waals surface area (Å²) in [5, 5.41) is 8.35. The first kappa shape index (κ1) is 13.6. The zero-order chi connectivity index (χ0) is 13.2. The van der Waals surface area contributed by atoms with Crippen molar-refractivity contribution in [1.82, 2.24) is 0 Å². The molecule has 0 saturated heterocycles. The number of carboxylic acids is 1. The molecule has 0 atom stereocenters. The van der Waals surface area contributed by atoms with Gasteiger partial charge in [-0.1, -0.05) is 17.7 Å². The number of aliphatic carboxylic acids is 1. The first-order valence-electron chi connectivity index (χ1n) is 5.42. The minimum atomic E-state index is -3.65. The molecule has 0 fully saturated rings. The van der Waals surface area contributed by atoms with Crippen molar-refractivity contribution in [1.29, 1.82) is 0 Å². The van der Waals surface area contributed by atoms with Gasteiger partial charge >= 0.3 is 11.9 Å². The van der Waals surface area contributed by atoms with Crippen molar-refractivity contribution in [2.75, 3.05) is 0 Å². The maximum atomic E-state index is 13.0. The van der Waals surface area contributed by atoms with Gasteiger partial charge in [-0.3, -0.25) is 0 Å². The van der Waals surface area contributed by atoms with Crippen LogP contribution in [0.4, 0.5) is 8.78 Å². The Morgan fingerprint density at radius 3 is 2.12 bits per heavy atom. The molecule has 4 heteroatoms. The van der Waals surface area contributed by atoms with Crippen LogP contribution in [-0.2, 0) is 11.2 Å². The van der Waals surface area contributed by atoms with E-state index in [-0.39, 0.29) is 6.42 Å². The van der Waals surface area contributed by atoms with Gasteiger partial charge in [0.1, 0.15) is 0 Å². The third-order valence-corrected chi connectivity index (χ3v) is 2.84. The lowest BCUT2D eigenvalue weighted by atomic mass is 9.95. The molecular weight excluding hydrogens is 226 g/mol. The minimum Gasteiger partial charge on any atom is -0.477 e. The predicted molar refractivity (Wildman–Crippen MR) is 61.6 cm³/mol. The standard InChI is InChI=1S/C13H16F2O2/c1-8-6-9(2)11(10(3)7-8)4-5-13(14,15)12(16)17/h6-7H,4-5H2,1-3H3,(H,16,17). The average Bonchev–Trinajstić information content (AvgIpc) is 2.15. The first-order valence-corrected chi connectivity index (χ1v) is 5.42. The molecule has 0 spiro atoms. The molecule has 1 aromatic carbocycles. The molecule has 0 bridgehead atoms. The molecule has 0 amide bonds. The number of hydrogen-bond donors (Lipinski definition) is 1. The predicted octanol–water partition coefficient (Wildman–Crippen LogP) is 3.26. The van der Waals surface area contributed by atoms with Gasteiger partial charge in [-0.05, 0) is 43.9 Å². The second kappa shape index (κ2) is 4.82. The summed E-state index contributed by atoms with van der Waals surface area (Å²) in [5.74, 6) is -5.70. The molecule has 2 nitrogen and oxygen atoms in total. The Hall–Kier alpha value is -1.45. The van der Waals surface area contributed by atoms with Gasteiger partial charge in [0.25, 0.3) is 0 Å². The number of hydrogen-bond acceptors (Lipinski definition) is 1. The summed E-state index contributed by atoms with van der Waals surface area (Å²) >= 11 is 0. The molecule has 1 aromatic rings. The summed E-state index contributed by atoms with van der Waals surface area (Å²) in [4.78, 5) is 10.3. The number of carboxylic acid groups (broad SMARTS) is 1. The Labute approximate surface area is 99.3 Å². The summed E-state index contributed by atoms with van der Waals surface area (Å²) in [6.45, 7) is 5.65. The highest BCUT2D eigenvalue weighted by atomic mass is 19.3. The van der Waals surface area contributed by atoms with E-state index in [2.05, 4.69) is 0 Å². The maximum absolute atomic E-state index is 13.0. The zero-order valence-corrected chi connectivity index (χ0v) is 10.2. The largest absolute Gasteiger partial charge is 0.477 e. The van der Waals surface area contributed by atoms with Crippen LogP contribution in [0.3, 0.4) is 0 Å². The molecule has 0 saturated carbocycles. The number of aryl methyl sites for hydroxylation is 3. The van der Waals surface area contributed by atoms with E-state index in [4.69, 9.17) is 5.11 Å². The fourth-order valence-electron chi connectivity index (χ4n) is 1.99. The van der Waals surface area contributed by atoms with E-state index >= 15 is 0 Å². The SMILES string of the molecule is Cc1cc(C)c(CCC(F)(F)C(=O)O)c(C)c1. The minimum absolute atomic E-state index is 0.0806. The summed E-state index contributed by atoms with van der Waals surface area (Å²) in [7, 11) is 0. The van der Waals surface area contributed by atoms with Gasteiger partial charge in [-0.2, -0.15) is 8.78 Å². The first-order chi connectivity index (χ1) is 7.74. The highest BCUT2D eigenvalue weighted by molar-refractivity contribution is 5.75. The van der Waals surface area contributed by atoms with Gasteiger partial charge in [-0.15, -0.1) is 0 Å². The molecule has 0 aliphatic carbocycles. The van der Waals surface area contributed by atoms with Crippen molar-refractivity contribution in [3.05, 3.63) is 34.4 Å². The van der Waals surface area contributed by atoms with Crippen molar-refractivity contribution in [3.63, 3.8) is 0 Å². The number of benzene rings is 1. The topological polar surface area (TPSA) is 37.3 Å². The third-order valence-electron chi connectivity index (χ3n) is 2.84. The van der Waals surface area contributed by atoms with E-state index in [0.29, 0.717) is 0 Å². The number of alkyl halides is 2. The molecule has 17 heavy (non-hydrogen) atoms. The fraction of sp³-hybridized carbons (Fsp3) is 0.462. The van der Waals surface area contributed by atoms with E-state index in [1.807, 2.05) is 32.9 Å². The highest BCUT2D eigenvalue weighted by Gasteiger charge is 2.38. The van der Waals surface area contributed by atoms with E-state index in [9.17, 15) is 13.6 Å². The van der Waals surface area contributed by atoms with Crippen molar-refractivity contribution >= 4 is 5.97 Å². The second-order valence-electron chi connectivity index (χ2n) is 4.39. The Bertz CT molecular complexity index is 416. The number of carbonyl (C=O) groups is 1. The fourth-order valence-corrected chi connectivity index (χ4v) is 1.99. The second-order valence-corrected chi connectivity index (χ2v) is 4.39. The molecule has 0 aromatic heterocycles. The molecule has 94 valence electrons. The van der Waals surface area contributed by atoms with Gasteiger partial charge < -0.3 is 5.11 Å². The average molecular weight is 242 g/mol. The maximum Gasteiger partial charge on any atom is 0.374 e. The van der Waals surface area contributed by atoms with E-state index < -0.39 is 18.3 Å². The monoisotopic (exact) mass is 242 g/mol. The smallest absolute Gasteiger partial charge is 0.374 e. The summed E-state index contributed by atoms with van der Waals surface area (Å²) in [5.41, 5.74) is 3.76. The summed E-state index contributed by atoms with van der Waals surface area (Å²) < 4.78 is 26.0. The molecule has 0 aliphatic rings. The van der Waals surface area contributed by atoms with E-state index in [1.165, 1.54) is 0 Å². The normalized spacial score (nSPS) is 11.6. The van der Waals surface area contributed by atoms with Crippen LogP contribution in [-0.4, -0.2) is 17.0 Å². The van der Waals surface area contributed by atoms with Crippen LogP contribution in [0.2, 0.25) is 0 Å². The molecule has 0 radical (unpaired) electrons. The van der Waals surface area contributed by atoms with Crippen molar-refractivity contribution in [2.45, 2.75) is 39.5 Å². The molecule has 1 N–H and O–H groups in total. The van der Waals surface area contributed by atoms with Gasteiger partial charge in [0.2, 0.25) is 0 Å². The quantitative estimate of drug-likeness (QED) is 0.879. The molecule has 0 aliphatic heterocycles. The van der Waals surface area contributed by atoms with Crippen LogP contribution in [0.5, 0.6) is 0 Å². The number of rotatable bonds is 4. The zero-order valence-electron chi connectivity index (χ0n) is 10.2.